The maximum absolute atomic E-state index is 12.4. The van der Waals surface area contributed by atoms with Gasteiger partial charge < -0.3 is 5.73 Å². The standard InChI is InChI=1S/C12H16N4O/c1-12(2)9-10(15-4-3-14-9)16(11(12)17)8-5-7(13)6-8/h3-4,7-8H,5-6,13H2,1-2H3/t7-,8-. The topological polar surface area (TPSA) is 72.1 Å². The molecule has 1 aliphatic heterocycles. The number of nitrogens with zero attached hydrogens (tertiary/aromatic N) is 3. The molecular weight excluding hydrogens is 216 g/mol. The van der Waals surface area contributed by atoms with Gasteiger partial charge in [-0.05, 0) is 26.7 Å². The van der Waals surface area contributed by atoms with Gasteiger partial charge in [-0.2, -0.15) is 0 Å². The third kappa shape index (κ3) is 1.32. The summed E-state index contributed by atoms with van der Waals surface area (Å²) in [5.74, 6) is 0.815. The lowest BCUT2D eigenvalue weighted by molar-refractivity contribution is -0.123. The Morgan fingerprint density at radius 1 is 1.35 bits per heavy atom. The van der Waals surface area contributed by atoms with Crippen molar-refractivity contribution < 1.29 is 4.79 Å². The molecule has 0 spiro atoms. The lowest BCUT2D eigenvalue weighted by Crippen LogP contribution is -2.53. The van der Waals surface area contributed by atoms with Crippen molar-refractivity contribution in [2.45, 2.75) is 44.2 Å². The van der Waals surface area contributed by atoms with Crippen LogP contribution in [0.4, 0.5) is 5.82 Å². The van der Waals surface area contributed by atoms with Crippen LogP contribution in [-0.2, 0) is 10.2 Å². The average Bonchev–Trinajstić information content (AvgIpc) is 2.45. The zero-order chi connectivity index (χ0) is 12.2. The monoisotopic (exact) mass is 232 g/mol. The second-order valence-corrected chi connectivity index (χ2v) is 5.41. The smallest absolute Gasteiger partial charge is 0.240 e. The summed E-state index contributed by atoms with van der Waals surface area (Å²) < 4.78 is 0. The number of anilines is 1. The highest BCUT2D eigenvalue weighted by Crippen LogP contribution is 2.42. The molecular formula is C12H16N4O. The summed E-state index contributed by atoms with van der Waals surface area (Å²) in [5.41, 5.74) is 6.01. The van der Waals surface area contributed by atoms with Gasteiger partial charge in [-0.25, -0.2) is 4.98 Å². The van der Waals surface area contributed by atoms with E-state index in [4.69, 9.17) is 5.73 Å². The minimum absolute atomic E-state index is 0.0931. The van der Waals surface area contributed by atoms with Gasteiger partial charge in [-0.1, -0.05) is 0 Å². The minimum Gasteiger partial charge on any atom is -0.328 e. The summed E-state index contributed by atoms with van der Waals surface area (Å²) in [6.07, 6.45) is 5.00. The first-order valence-electron chi connectivity index (χ1n) is 5.92. The van der Waals surface area contributed by atoms with Crippen molar-refractivity contribution in [2.75, 3.05) is 4.90 Å². The van der Waals surface area contributed by atoms with E-state index in [0.29, 0.717) is 0 Å². The summed E-state index contributed by atoms with van der Waals surface area (Å²) in [4.78, 5) is 22.9. The highest BCUT2D eigenvalue weighted by atomic mass is 16.2. The van der Waals surface area contributed by atoms with Crippen LogP contribution in [0.25, 0.3) is 0 Å². The van der Waals surface area contributed by atoms with Crippen LogP contribution in [0.3, 0.4) is 0 Å². The summed E-state index contributed by atoms with van der Waals surface area (Å²) in [6.45, 7) is 3.81. The first kappa shape index (κ1) is 10.7. The molecule has 0 saturated heterocycles. The Kier molecular flexibility index (Phi) is 2.04. The lowest BCUT2D eigenvalue weighted by atomic mass is 9.85. The van der Waals surface area contributed by atoms with Crippen molar-refractivity contribution in [3.05, 3.63) is 18.1 Å². The van der Waals surface area contributed by atoms with Gasteiger partial charge in [0, 0.05) is 24.5 Å². The normalized spacial score (nSPS) is 30.1. The SMILES string of the molecule is CC1(C)C(=O)N([C@H]2C[C@H](N)C2)c2nccnc21. The quantitative estimate of drug-likeness (QED) is 0.769. The molecule has 0 bridgehead atoms. The van der Waals surface area contributed by atoms with Crippen molar-refractivity contribution in [3.63, 3.8) is 0 Å². The molecule has 2 aliphatic rings. The van der Waals surface area contributed by atoms with Crippen LogP contribution < -0.4 is 10.6 Å². The summed E-state index contributed by atoms with van der Waals surface area (Å²) in [5, 5.41) is 0. The molecule has 1 aliphatic carbocycles. The molecule has 0 unspecified atom stereocenters. The van der Waals surface area contributed by atoms with Crippen LogP contribution >= 0.6 is 0 Å². The molecule has 90 valence electrons. The van der Waals surface area contributed by atoms with Crippen molar-refractivity contribution >= 4 is 11.7 Å². The number of nitrogens with two attached hydrogens (primary N) is 1. The number of rotatable bonds is 1. The van der Waals surface area contributed by atoms with Crippen LogP contribution in [0.15, 0.2) is 12.4 Å². The molecule has 1 amide bonds. The predicted molar refractivity (Wildman–Crippen MR) is 63.5 cm³/mol. The molecule has 0 radical (unpaired) electrons. The van der Waals surface area contributed by atoms with E-state index in [1.807, 2.05) is 13.8 Å². The number of aromatic nitrogens is 2. The maximum atomic E-state index is 12.4. The fourth-order valence-corrected chi connectivity index (χ4v) is 2.63. The summed E-state index contributed by atoms with van der Waals surface area (Å²) >= 11 is 0. The van der Waals surface area contributed by atoms with Crippen molar-refractivity contribution in [1.29, 1.82) is 0 Å². The first-order chi connectivity index (χ1) is 8.01. The maximum Gasteiger partial charge on any atom is 0.240 e. The van der Waals surface area contributed by atoms with Crippen LogP contribution in [0, 0.1) is 0 Å². The Bertz CT molecular complexity index is 479. The molecule has 5 nitrogen and oxygen atoms in total. The van der Waals surface area contributed by atoms with Gasteiger partial charge in [-0.3, -0.25) is 14.7 Å². The summed E-state index contributed by atoms with van der Waals surface area (Å²) in [6, 6.07) is 0.423. The average molecular weight is 232 g/mol. The Hall–Kier alpha value is -1.49. The Labute approximate surface area is 100 Å². The lowest BCUT2D eigenvalue weighted by Gasteiger charge is -2.39. The zero-order valence-electron chi connectivity index (χ0n) is 10.1. The molecule has 3 rings (SSSR count). The van der Waals surface area contributed by atoms with Crippen LogP contribution in [0.5, 0.6) is 0 Å². The second-order valence-electron chi connectivity index (χ2n) is 5.41. The van der Waals surface area contributed by atoms with Gasteiger partial charge >= 0.3 is 0 Å². The van der Waals surface area contributed by atoms with E-state index < -0.39 is 5.41 Å². The molecule has 17 heavy (non-hydrogen) atoms. The molecule has 5 heteroatoms. The van der Waals surface area contributed by atoms with Gasteiger partial charge in [0.1, 0.15) is 0 Å². The molecule has 1 fully saturated rings. The highest BCUT2D eigenvalue weighted by molar-refractivity contribution is 6.06. The number of hydrogen-bond acceptors (Lipinski definition) is 4. The third-order valence-electron chi connectivity index (χ3n) is 3.77. The van der Waals surface area contributed by atoms with E-state index in [0.717, 1.165) is 24.4 Å². The third-order valence-corrected chi connectivity index (χ3v) is 3.77. The van der Waals surface area contributed by atoms with E-state index >= 15 is 0 Å². The first-order valence-corrected chi connectivity index (χ1v) is 5.92. The second kappa shape index (κ2) is 3.26. The van der Waals surface area contributed by atoms with Crippen LogP contribution in [-0.4, -0.2) is 28.0 Å². The van der Waals surface area contributed by atoms with Crippen molar-refractivity contribution in [2.24, 2.45) is 5.73 Å². The Morgan fingerprint density at radius 2 is 2.00 bits per heavy atom. The predicted octanol–water partition coefficient (Wildman–Crippen LogP) is 0.590. The largest absolute Gasteiger partial charge is 0.328 e. The molecule has 1 saturated carbocycles. The number of amides is 1. The van der Waals surface area contributed by atoms with Gasteiger partial charge in [0.15, 0.2) is 5.82 Å². The van der Waals surface area contributed by atoms with Crippen LogP contribution in [0.1, 0.15) is 32.4 Å². The minimum atomic E-state index is -0.566. The van der Waals surface area contributed by atoms with E-state index in [1.165, 1.54) is 0 Å². The number of fused-ring (bicyclic) bond motifs is 1. The van der Waals surface area contributed by atoms with Gasteiger partial charge in [-0.15, -0.1) is 0 Å². The number of hydrogen-bond donors (Lipinski definition) is 1. The van der Waals surface area contributed by atoms with E-state index in [1.54, 1.807) is 17.3 Å². The molecule has 1 aromatic rings. The van der Waals surface area contributed by atoms with E-state index in [9.17, 15) is 4.79 Å². The van der Waals surface area contributed by atoms with Gasteiger partial charge in [0.2, 0.25) is 5.91 Å². The van der Waals surface area contributed by atoms with Gasteiger partial charge in [0.25, 0.3) is 0 Å². The Balaban J connectivity index is 2.04. The van der Waals surface area contributed by atoms with E-state index in [2.05, 4.69) is 9.97 Å². The highest BCUT2D eigenvalue weighted by Gasteiger charge is 2.50. The van der Waals surface area contributed by atoms with Crippen molar-refractivity contribution in [1.82, 2.24) is 9.97 Å². The molecule has 0 aromatic carbocycles. The fraction of sp³-hybridized carbons (Fsp3) is 0.583. The van der Waals surface area contributed by atoms with Crippen molar-refractivity contribution in [3.8, 4) is 0 Å². The van der Waals surface area contributed by atoms with Crippen LogP contribution in [0.2, 0.25) is 0 Å². The van der Waals surface area contributed by atoms with Gasteiger partial charge in [0.05, 0.1) is 11.1 Å². The zero-order valence-corrected chi connectivity index (χ0v) is 10.1. The molecule has 0 atom stereocenters. The molecule has 1 aromatic heterocycles. The number of carbonyl (C=O) groups excluding carboxylic acids is 1. The summed E-state index contributed by atoms with van der Waals surface area (Å²) in [7, 11) is 0. The number of carbonyl (C=O) groups is 1. The Morgan fingerprint density at radius 3 is 2.65 bits per heavy atom. The molecule has 2 N–H and O–H groups in total. The fourth-order valence-electron chi connectivity index (χ4n) is 2.63. The molecule has 2 heterocycles. The van der Waals surface area contributed by atoms with E-state index in [-0.39, 0.29) is 18.0 Å².